The Kier molecular flexibility index (Phi) is 4.69. The maximum atomic E-state index is 13.8. The van der Waals surface area contributed by atoms with Crippen LogP contribution in [0.5, 0.6) is 11.5 Å². The van der Waals surface area contributed by atoms with Gasteiger partial charge in [0.25, 0.3) is 0 Å². The van der Waals surface area contributed by atoms with Gasteiger partial charge < -0.3 is 15.5 Å². The molecule has 8 heteroatoms. The van der Waals surface area contributed by atoms with Crippen LogP contribution in [0.4, 0.5) is 5.69 Å². The van der Waals surface area contributed by atoms with Gasteiger partial charge in [0.2, 0.25) is 17.7 Å². The molecule has 3 aliphatic heterocycles. The van der Waals surface area contributed by atoms with Crippen molar-refractivity contribution in [3.05, 3.63) is 89.5 Å². The molecule has 0 bridgehead atoms. The number of hydrogen-bond acceptors (Lipinski definition) is 6. The topological polar surface area (TPSA) is 119 Å². The number of aromatic hydroxyl groups is 2. The van der Waals surface area contributed by atoms with Crippen molar-refractivity contribution in [1.29, 1.82) is 0 Å². The van der Waals surface area contributed by atoms with Crippen LogP contribution in [-0.2, 0) is 32.9 Å². The molecule has 0 aromatic heterocycles. The molecule has 0 radical (unpaired) electrons. The molecule has 3 aromatic rings. The molecule has 4 atom stereocenters. The standard InChI is InChI=1S/C27H23N3O5/c31-20-11-10-16(13-21(20)32)12-19-22-23(25(34)30(24(22)33)14-15-6-2-1-3-7-15)27(29-19)17-8-4-5-9-18(17)28-26(27)35/h1-11,13,19,22-23,29,31-32H,12,14H2,(H,28,35)/t19-,22+,23+,27+/m1/s1. The average molecular weight is 469 g/mol. The Labute approximate surface area is 201 Å². The molecule has 3 aromatic carbocycles. The quantitative estimate of drug-likeness (QED) is 0.344. The van der Waals surface area contributed by atoms with Gasteiger partial charge in [-0.2, -0.15) is 0 Å². The van der Waals surface area contributed by atoms with Crippen molar-refractivity contribution in [2.45, 2.75) is 24.5 Å². The predicted molar refractivity (Wildman–Crippen MR) is 126 cm³/mol. The van der Waals surface area contributed by atoms with E-state index in [1.165, 1.54) is 17.0 Å². The van der Waals surface area contributed by atoms with Crippen LogP contribution >= 0.6 is 0 Å². The molecule has 6 rings (SSSR count). The molecule has 3 heterocycles. The van der Waals surface area contributed by atoms with Gasteiger partial charge in [-0.15, -0.1) is 0 Å². The van der Waals surface area contributed by atoms with Gasteiger partial charge in [-0.1, -0.05) is 54.6 Å². The summed E-state index contributed by atoms with van der Waals surface area (Å²) in [5.74, 6) is -3.23. The van der Waals surface area contributed by atoms with Crippen LogP contribution < -0.4 is 10.6 Å². The number of hydrogen-bond donors (Lipinski definition) is 4. The molecule has 2 fully saturated rings. The lowest BCUT2D eigenvalue weighted by Gasteiger charge is -2.29. The molecule has 35 heavy (non-hydrogen) atoms. The summed E-state index contributed by atoms with van der Waals surface area (Å²) in [6, 6.07) is 20.4. The lowest BCUT2D eigenvalue weighted by atomic mass is 9.76. The van der Waals surface area contributed by atoms with Gasteiger partial charge in [0.05, 0.1) is 18.4 Å². The minimum atomic E-state index is -1.37. The zero-order valence-electron chi connectivity index (χ0n) is 18.6. The highest BCUT2D eigenvalue weighted by atomic mass is 16.3. The molecule has 3 aliphatic rings. The second kappa shape index (κ2) is 7.68. The summed E-state index contributed by atoms with van der Waals surface area (Å²) in [6.07, 6.45) is 0.282. The predicted octanol–water partition coefficient (Wildman–Crippen LogP) is 2.26. The molecule has 176 valence electrons. The Morgan fingerprint density at radius 2 is 1.57 bits per heavy atom. The van der Waals surface area contributed by atoms with E-state index in [9.17, 15) is 24.6 Å². The van der Waals surface area contributed by atoms with Crippen LogP contribution in [0.25, 0.3) is 0 Å². The average Bonchev–Trinajstić information content (AvgIpc) is 3.43. The highest BCUT2D eigenvalue weighted by molar-refractivity contribution is 6.15. The third kappa shape index (κ3) is 3.06. The van der Waals surface area contributed by atoms with Crippen molar-refractivity contribution >= 4 is 23.4 Å². The number of likely N-dealkylation sites (tertiary alicyclic amines) is 1. The summed E-state index contributed by atoms with van der Waals surface area (Å²) in [5, 5.41) is 25.9. The first-order valence-corrected chi connectivity index (χ1v) is 11.5. The minimum Gasteiger partial charge on any atom is -0.504 e. The smallest absolute Gasteiger partial charge is 0.250 e. The number of phenolic OH excluding ortho intramolecular Hbond substituents is 2. The van der Waals surface area contributed by atoms with E-state index in [4.69, 9.17) is 0 Å². The number of nitrogens with zero attached hydrogens (tertiary/aromatic N) is 1. The summed E-state index contributed by atoms with van der Waals surface area (Å²) in [6.45, 7) is 0.136. The number of para-hydroxylation sites is 1. The largest absolute Gasteiger partial charge is 0.504 e. The van der Waals surface area contributed by atoms with E-state index in [-0.39, 0.29) is 42.2 Å². The van der Waals surface area contributed by atoms with Crippen molar-refractivity contribution in [3.63, 3.8) is 0 Å². The highest BCUT2D eigenvalue weighted by Gasteiger charge is 2.70. The first-order chi connectivity index (χ1) is 16.9. The van der Waals surface area contributed by atoms with E-state index < -0.39 is 23.4 Å². The molecule has 4 N–H and O–H groups in total. The van der Waals surface area contributed by atoms with Crippen LogP contribution in [-0.4, -0.2) is 38.9 Å². The van der Waals surface area contributed by atoms with Crippen molar-refractivity contribution in [1.82, 2.24) is 10.2 Å². The van der Waals surface area contributed by atoms with Crippen LogP contribution in [0.15, 0.2) is 72.8 Å². The zero-order valence-corrected chi connectivity index (χ0v) is 18.6. The molecule has 0 saturated carbocycles. The fourth-order valence-electron chi connectivity index (χ4n) is 5.86. The highest BCUT2D eigenvalue weighted by Crippen LogP contribution is 2.53. The Balaban J connectivity index is 1.44. The number of phenols is 2. The maximum absolute atomic E-state index is 13.8. The van der Waals surface area contributed by atoms with Crippen LogP contribution in [0.2, 0.25) is 0 Å². The molecule has 0 unspecified atom stereocenters. The number of benzene rings is 3. The van der Waals surface area contributed by atoms with Gasteiger partial charge in [-0.25, -0.2) is 0 Å². The number of rotatable bonds is 4. The molecule has 1 spiro atoms. The SMILES string of the molecule is O=C1[C@@H]2[C@@H](C(=O)N1Cc1ccccc1)[C@]1(N[C@@H]2Cc2ccc(O)c(O)c2)C(=O)Nc2ccccc21. The van der Waals surface area contributed by atoms with Crippen LogP contribution in [0, 0.1) is 11.8 Å². The van der Waals surface area contributed by atoms with Gasteiger partial charge in [-0.3, -0.25) is 24.6 Å². The van der Waals surface area contributed by atoms with Crippen LogP contribution in [0.1, 0.15) is 16.7 Å². The Morgan fingerprint density at radius 3 is 2.34 bits per heavy atom. The lowest BCUT2D eigenvalue weighted by Crippen LogP contribution is -2.53. The Morgan fingerprint density at radius 1 is 0.829 bits per heavy atom. The van der Waals surface area contributed by atoms with E-state index in [2.05, 4.69) is 10.6 Å². The third-order valence-corrected chi connectivity index (χ3v) is 7.39. The number of nitrogens with one attached hydrogen (secondary N) is 2. The number of fused-ring (bicyclic) bond motifs is 4. The molecule has 0 aliphatic carbocycles. The number of amides is 3. The Hall–Kier alpha value is -4.17. The second-order valence-electron chi connectivity index (χ2n) is 9.34. The Bertz CT molecular complexity index is 1370. The van der Waals surface area contributed by atoms with Gasteiger partial charge in [0.1, 0.15) is 5.54 Å². The summed E-state index contributed by atoms with van der Waals surface area (Å²) < 4.78 is 0. The van der Waals surface area contributed by atoms with Crippen molar-refractivity contribution in [2.24, 2.45) is 11.8 Å². The normalized spacial score (nSPS) is 26.8. The van der Waals surface area contributed by atoms with E-state index in [1.807, 2.05) is 48.5 Å². The summed E-state index contributed by atoms with van der Waals surface area (Å²) in [7, 11) is 0. The minimum absolute atomic E-state index is 0.136. The summed E-state index contributed by atoms with van der Waals surface area (Å²) in [4.78, 5) is 42.3. The molecule has 8 nitrogen and oxygen atoms in total. The molecular weight excluding hydrogens is 446 g/mol. The van der Waals surface area contributed by atoms with Crippen molar-refractivity contribution in [3.8, 4) is 11.5 Å². The first kappa shape index (κ1) is 21.4. The lowest BCUT2D eigenvalue weighted by molar-refractivity contribution is -0.143. The fourth-order valence-corrected chi connectivity index (χ4v) is 5.86. The second-order valence-corrected chi connectivity index (χ2v) is 9.34. The van der Waals surface area contributed by atoms with Gasteiger partial charge in [0, 0.05) is 17.3 Å². The number of carbonyl (C=O) groups is 3. The maximum Gasteiger partial charge on any atom is 0.250 e. The third-order valence-electron chi connectivity index (χ3n) is 7.39. The van der Waals surface area contributed by atoms with Gasteiger partial charge >= 0.3 is 0 Å². The van der Waals surface area contributed by atoms with Crippen molar-refractivity contribution in [2.75, 3.05) is 5.32 Å². The van der Waals surface area contributed by atoms with E-state index in [1.54, 1.807) is 12.1 Å². The number of carbonyl (C=O) groups excluding carboxylic acids is 3. The van der Waals surface area contributed by atoms with Gasteiger partial charge in [0.15, 0.2) is 11.5 Å². The molecular formula is C27H23N3O5. The van der Waals surface area contributed by atoms with Gasteiger partial charge in [-0.05, 0) is 35.7 Å². The first-order valence-electron chi connectivity index (χ1n) is 11.5. The van der Waals surface area contributed by atoms with E-state index in [0.29, 0.717) is 16.8 Å². The fraction of sp³-hybridized carbons (Fsp3) is 0.222. The molecule has 2 saturated heterocycles. The van der Waals surface area contributed by atoms with E-state index >= 15 is 0 Å². The summed E-state index contributed by atoms with van der Waals surface area (Å²) >= 11 is 0. The zero-order chi connectivity index (χ0) is 24.3. The monoisotopic (exact) mass is 469 g/mol. The van der Waals surface area contributed by atoms with E-state index in [0.717, 1.165) is 5.56 Å². The molecule has 3 amide bonds. The number of imide groups is 1. The van der Waals surface area contributed by atoms with Crippen molar-refractivity contribution < 1.29 is 24.6 Å². The van der Waals surface area contributed by atoms with Crippen LogP contribution in [0.3, 0.4) is 0 Å². The summed E-state index contributed by atoms with van der Waals surface area (Å²) in [5.41, 5.74) is 1.39. The number of anilines is 1.